The van der Waals surface area contributed by atoms with Gasteiger partial charge in [-0.25, -0.2) is 15.0 Å². The Kier molecular flexibility index (Phi) is 10.5. The van der Waals surface area contributed by atoms with Gasteiger partial charge in [-0.2, -0.15) is 0 Å². The van der Waals surface area contributed by atoms with Crippen LogP contribution in [0.1, 0.15) is 57.9 Å². The molecule has 1 aromatic carbocycles. The molecule has 36 heavy (non-hydrogen) atoms. The summed E-state index contributed by atoms with van der Waals surface area (Å²) in [4.78, 5) is 29.4. The number of ether oxygens (including phenoxy) is 2. The van der Waals surface area contributed by atoms with Crippen molar-refractivity contribution in [1.29, 1.82) is 0 Å². The fourth-order valence-corrected chi connectivity index (χ4v) is 4.46. The van der Waals surface area contributed by atoms with E-state index in [-0.39, 0.29) is 11.8 Å². The van der Waals surface area contributed by atoms with E-state index in [1.54, 1.807) is 23.6 Å². The summed E-state index contributed by atoms with van der Waals surface area (Å²) < 4.78 is 11.0. The normalized spacial score (nSPS) is 15.0. The molecule has 1 amide bonds. The summed E-state index contributed by atoms with van der Waals surface area (Å²) in [5.74, 6) is -0.0485. The molecule has 1 aliphatic rings. The quantitative estimate of drug-likeness (QED) is 0.336. The van der Waals surface area contributed by atoms with Gasteiger partial charge in [0.1, 0.15) is 0 Å². The number of aliphatic imine (C=N–C) groups is 1. The zero-order chi connectivity index (χ0) is 25.9. The van der Waals surface area contributed by atoms with Crippen molar-refractivity contribution in [2.45, 2.75) is 58.4 Å². The number of anilines is 3. The predicted molar refractivity (Wildman–Crippen MR) is 145 cm³/mol. The Morgan fingerprint density at radius 3 is 2.56 bits per heavy atom. The smallest absolute Gasteiger partial charge is 0.316 e. The van der Waals surface area contributed by atoms with E-state index in [2.05, 4.69) is 57.2 Å². The van der Waals surface area contributed by atoms with E-state index in [9.17, 15) is 4.79 Å². The summed E-state index contributed by atoms with van der Waals surface area (Å²) in [6.07, 6.45) is 8.22. The van der Waals surface area contributed by atoms with E-state index in [4.69, 9.17) is 9.47 Å². The molecule has 1 aromatic heterocycles. The van der Waals surface area contributed by atoms with Crippen LogP contribution >= 0.6 is 0 Å². The standard InChI is InChI=1S/C27H40N6O3/c1-6-20(16-26(34)30-19-32(4)5)21-9-10-25(33(7-2)23-11-13-35-14-12-23)24(15-21)31-22-17-28-27(29-18-22)36-8-3/h9-10,15,17-20,23,31H,6-8,11-14,16H2,1-5H3. The minimum Gasteiger partial charge on any atom is -0.464 e. The van der Waals surface area contributed by atoms with Gasteiger partial charge in [0.15, 0.2) is 0 Å². The van der Waals surface area contributed by atoms with Crippen LogP contribution < -0.4 is 15.0 Å². The summed E-state index contributed by atoms with van der Waals surface area (Å²) in [7, 11) is 3.71. The Bertz CT molecular complexity index is 990. The van der Waals surface area contributed by atoms with Crippen LogP contribution in [-0.4, -0.2) is 73.6 Å². The molecule has 1 atom stereocenters. The van der Waals surface area contributed by atoms with Crippen LogP contribution in [0.25, 0.3) is 0 Å². The van der Waals surface area contributed by atoms with E-state index in [0.717, 1.165) is 61.6 Å². The molecular formula is C27H40N6O3. The highest BCUT2D eigenvalue weighted by Gasteiger charge is 2.24. The van der Waals surface area contributed by atoms with Crippen molar-refractivity contribution in [3.8, 4) is 6.01 Å². The second-order valence-electron chi connectivity index (χ2n) is 9.13. The van der Waals surface area contributed by atoms with Gasteiger partial charge in [0.05, 0.1) is 42.4 Å². The minimum absolute atomic E-state index is 0.0705. The maximum Gasteiger partial charge on any atom is 0.316 e. The summed E-state index contributed by atoms with van der Waals surface area (Å²) in [6.45, 7) is 9.16. The average Bonchev–Trinajstić information content (AvgIpc) is 2.89. The van der Waals surface area contributed by atoms with Gasteiger partial charge in [-0.3, -0.25) is 4.79 Å². The van der Waals surface area contributed by atoms with Crippen molar-refractivity contribution in [2.75, 3.05) is 50.7 Å². The molecule has 0 radical (unpaired) electrons. The third-order valence-corrected chi connectivity index (χ3v) is 6.30. The second kappa shape index (κ2) is 13.8. The molecule has 0 aliphatic carbocycles. The topological polar surface area (TPSA) is 92.2 Å². The van der Waals surface area contributed by atoms with E-state index in [1.165, 1.54) is 0 Å². The number of hydrogen-bond donors (Lipinski definition) is 1. The molecule has 2 aromatic rings. The third kappa shape index (κ3) is 7.65. The van der Waals surface area contributed by atoms with Gasteiger partial charge in [-0.1, -0.05) is 13.0 Å². The summed E-state index contributed by atoms with van der Waals surface area (Å²) in [5.41, 5.74) is 3.97. The molecule has 3 rings (SSSR count). The van der Waals surface area contributed by atoms with Crippen LogP contribution in [0.2, 0.25) is 0 Å². The zero-order valence-corrected chi connectivity index (χ0v) is 22.2. The monoisotopic (exact) mass is 496 g/mol. The number of nitrogens with one attached hydrogen (secondary N) is 1. The van der Waals surface area contributed by atoms with E-state index in [1.807, 2.05) is 21.0 Å². The lowest BCUT2D eigenvalue weighted by Gasteiger charge is -2.37. The van der Waals surface area contributed by atoms with E-state index >= 15 is 0 Å². The summed E-state index contributed by atoms with van der Waals surface area (Å²) >= 11 is 0. The van der Waals surface area contributed by atoms with Gasteiger partial charge in [-0.15, -0.1) is 0 Å². The molecule has 1 aliphatic heterocycles. The largest absolute Gasteiger partial charge is 0.464 e. The van der Waals surface area contributed by atoms with Crippen LogP contribution in [-0.2, 0) is 9.53 Å². The number of amides is 1. The van der Waals surface area contributed by atoms with Gasteiger partial charge in [0.2, 0.25) is 5.91 Å². The first-order chi connectivity index (χ1) is 17.4. The average molecular weight is 497 g/mol. The van der Waals surface area contributed by atoms with Crippen molar-refractivity contribution in [1.82, 2.24) is 14.9 Å². The molecule has 2 heterocycles. The number of carbonyl (C=O) groups excluding carboxylic acids is 1. The Labute approximate surface area is 214 Å². The van der Waals surface area contributed by atoms with Gasteiger partial charge in [0, 0.05) is 46.3 Å². The fourth-order valence-electron chi connectivity index (χ4n) is 4.46. The molecule has 1 fully saturated rings. The Balaban J connectivity index is 1.93. The molecule has 9 heteroatoms. The summed E-state index contributed by atoms with van der Waals surface area (Å²) in [6, 6.07) is 7.24. The van der Waals surface area contributed by atoms with Crippen molar-refractivity contribution < 1.29 is 14.3 Å². The highest BCUT2D eigenvalue weighted by Crippen LogP contribution is 2.36. The van der Waals surface area contributed by atoms with Gasteiger partial charge in [0.25, 0.3) is 0 Å². The molecule has 1 unspecified atom stereocenters. The molecule has 1 N–H and O–H groups in total. The van der Waals surface area contributed by atoms with Crippen molar-refractivity contribution in [3.05, 3.63) is 36.2 Å². The lowest BCUT2D eigenvalue weighted by atomic mass is 9.91. The highest BCUT2D eigenvalue weighted by molar-refractivity contribution is 5.85. The lowest BCUT2D eigenvalue weighted by Crippen LogP contribution is -2.39. The van der Waals surface area contributed by atoms with Crippen molar-refractivity contribution >= 4 is 29.3 Å². The molecule has 196 valence electrons. The Morgan fingerprint density at radius 2 is 1.94 bits per heavy atom. The molecular weight excluding hydrogens is 456 g/mol. The molecule has 0 bridgehead atoms. The van der Waals surface area contributed by atoms with Gasteiger partial charge >= 0.3 is 6.01 Å². The van der Waals surface area contributed by atoms with Crippen LogP contribution in [0.5, 0.6) is 6.01 Å². The fraction of sp³-hybridized carbons (Fsp3) is 0.556. The van der Waals surface area contributed by atoms with Crippen molar-refractivity contribution in [3.63, 3.8) is 0 Å². The zero-order valence-electron chi connectivity index (χ0n) is 22.2. The molecule has 9 nitrogen and oxygen atoms in total. The first-order valence-electron chi connectivity index (χ1n) is 12.9. The minimum atomic E-state index is -0.119. The maximum absolute atomic E-state index is 12.5. The second-order valence-corrected chi connectivity index (χ2v) is 9.13. The lowest BCUT2D eigenvalue weighted by molar-refractivity contribution is -0.118. The SMILES string of the molecule is CCOc1ncc(Nc2cc(C(CC)CC(=O)N=CN(C)C)ccc2N(CC)C2CCOCC2)cn1. The van der Waals surface area contributed by atoms with Crippen LogP contribution in [0.3, 0.4) is 0 Å². The van der Waals surface area contributed by atoms with Gasteiger partial charge < -0.3 is 24.6 Å². The number of benzene rings is 1. The number of carbonyl (C=O) groups is 1. The van der Waals surface area contributed by atoms with Crippen LogP contribution in [0, 0.1) is 0 Å². The molecule has 0 saturated carbocycles. The first kappa shape index (κ1) is 27.4. The number of nitrogens with zero attached hydrogens (tertiary/aromatic N) is 5. The number of aromatic nitrogens is 2. The number of hydrogen-bond acceptors (Lipinski definition) is 7. The van der Waals surface area contributed by atoms with E-state index < -0.39 is 0 Å². The maximum atomic E-state index is 12.5. The first-order valence-corrected chi connectivity index (χ1v) is 12.9. The predicted octanol–water partition coefficient (Wildman–Crippen LogP) is 4.62. The number of rotatable bonds is 12. The van der Waals surface area contributed by atoms with Crippen LogP contribution in [0.15, 0.2) is 35.6 Å². The van der Waals surface area contributed by atoms with Crippen LogP contribution in [0.4, 0.5) is 17.1 Å². The molecule has 1 saturated heterocycles. The molecule has 0 spiro atoms. The summed E-state index contributed by atoms with van der Waals surface area (Å²) in [5, 5.41) is 3.53. The van der Waals surface area contributed by atoms with E-state index in [0.29, 0.717) is 25.1 Å². The Hall–Kier alpha value is -3.20. The highest BCUT2D eigenvalue weighted by atomic mass is 16.5. The third-order valence-electron chi connectivity index (χ3n) is 6.30. The van der Waals surface area contributed by atoms with Gasteiger partial charge in [-0.05, 0) is 56.7 Å². The van der Waals surface area contributed by atoms with Crippen molar-refractivity contribution in [2.24, 2.45) is 4.99 Å². The Morgan fingerprint density at radius 1 is 1.22 bits per heavy atom.